The summed E-state index contributed by atoms with van der Waals surface area (Å²) in [5, 5.41) is 13.7. The minimum atomic E-state index is -1.23. The number of hydrogen-bond donors (Lipinski definition) is 3. The molecule has 1 aromatic carbocycles. The van der Waals surface area contributed by atoms with Crippen molar-refractivity contribution in [1.29, 1.82) is 0 Å². The van der Waals surface area contributed by atoms with Gasteiger partial charge in [-0.2, -0.15) is 0 Å². The Labute approximate surface area is 139 Å². The lowest BCUT2D eigenvalue weighted by Gasteiger charge is -2.14. The summed E-state index contributed by atoms with van der Waals surface area (Å²) in [4.78, 5) is 34.7. The van der Waals surface area contributed by atoms with Crippen LogP contribution in [0.25, 0.3) is 0 Å². The molecule has 0 heterocycles. The summed E-state index contributed by atoms with van der Waals surface area (Å²) in [6.07, 6.45) is 1.47. The molecule has 8 nitrogen and oxygen atoms in total. The molecule has 0 fully saturated rings. The molecule has 0 aliphatic rings. The number of ether oxygens (including phenoxy) is 2. The third kappa shape index (κ3) is 6.49. The largest absolute Gasteiger partial charge is 0.497 e. The normalized spacial score (nSPS) is 11.2. The summed E-state index contributed by atoms with van der Waals surface area (Å²) in [7, 11) is 1.48. The van der Waals surface area contributed by atoms with Gasteiger partial charge in [0.1, 0.15) is 5.75 Å². The van der Waals surface area contributed by atoms with Gasteiger partial charge >= 0.3 is 5.97 Å². The smallest absolute Gasteiger partial charge is 0.328 e. The Morgan fingerprint density at radius 2 is 2.12 bits per heavy atom. The average Bonchev–Trinajstić information content (AvgIpc) is 2.58. The predicted octanol–water partition coefficient (Wildman–Crippen LogP) is 0.197. The van der Waals surface area contributed by atoms with E-state index < -0.39 is 23.8 Å². The van der Waals surface area contributed by atoms with Gasteiger partial charge in [0.05, 0.1) is 26.9 Å². The first kappa shape index (κ1) is 19.2. The van der Waals surface area contributed by atoms with Crippen LogP contribution in [-0.4, -0.2) is 55.8 Å². The summed E-state index contributed by atoms with van der Waals surface area (Å²) >= 11 is 0. The highest BCUT2D eigenvalue weighted by atomic mass is 16.5. The predicted molar refractivity (Wildman–Crippen MR) is 85.9 cm³/mol. The van der Waals surface area contributed by atoms with Gasteiger partial charge in [-0.05, 0) is 18.2 Å². The molecule has 0 saturated heterocycles. The van der Waals surface area contributed by atoms with E-state index in [0.717, 1.165) is 0 Å². The fourth-order valence-electron chi connectivity index (χ4n) is 1.72. The number of nitrogens with one attached hydrogen (secondary N) is 2. The number of carbonyl (C=O) groups excluding carboxylic acids is 2. The van der Waals surface area contributed by atoms with Crippen LogP contribution in [0.1, 0.15) is 10.4 Å². The first-order valence-corrected chi connectivity index (χ1v) is 7.11. The van der Waals surface area contributed by atoms with Gasteiger partial charge in [-0.25, -0.2) is 4.79 Å². The van der Waals surface area contributed by atoms with Gasteiger partial charge in [0, 0.05) is 5.56 Å². The van der Waals surface area contributed by atoms with Crippen LogP contribution in [0.15, 0.2) is 36.9 Å². The van der Waals surface area contributed by atoms with Crippen molar-refractivity contribution in [2.45, 2.75) is 6.04 Å². The van der Waals surface area contributed by atoms with Crippen molar-refractivity contribution in [1.82, 2.24) is 10.6 Å². The fourth-order valence-corrected chi connectivity index (χ4v) is 1.72. The van der Waals surface area contributed by atoms with Crippen LogP contribution in [0.4, 0.5) is 0 Å². The van der Waals surface area contributed by atoms with E-state index in [1.54, 1.807) is 18.2 Å². The average molecular weight is 336 g/mol. The molecular weight excluding hydrogens is 316 g/mol. The summed E-state index contributed by atoms with van der Waals surface area (Å²) in [6.45, 7) is 3.05. The minimum Gasteiger partial charge on any atom is -0.497 e. The lowest BCUT2D eigenvalue weighted by molar-refractivity contribution is -0.143. The molecule has 0 saturated carbocycles. The van der Waals surface area contributed by atoms with Crippen LogP contribution in [0.3, 0.4) is 0 Å². The lowest BCUT2D eigenvalue weighted by atomic mass is 10.2. The van der Waals surface area contributed by atoms with E-state index >= 15 is 0 Å². The Bertz CT molecular complexity index is 602. The number of methoxy groups -OCH3 is 1. The van der Waals surface area contributed by atoms with E-state index in [-0.39, 0.29) is 19.8 Å². The van der Waals surface area contributed by atoms with Crippen LogP contribution < -0.4 is 15.4 Å². The van der Waals surface area contributed by atoms with Crippen molar-refractivity contribution < 1.29 is 29.0 Å². The molecule has 1 atom stereocenters. The molecule has 0 aliphatic carbocycles. The van der Waals surface area contributed by atoms with Crippen molar-refractivity contribution >= 4 is 17.8 Å². The number of carboxylic acids is 1. The van der Waals surface area contributed by atoms with Gasteiger partial charge in [0.15, 0.2) is 6.04 Å². The maximum absolute atomic E-state index is 11.9. The van der Waals surface area contributed by atoms with E-state index in [1.165, 1.54) is 19.3 Å². The molecule has 1 rings (SSSR count). The summed E-state index contributed by atoms with van der Waals surface area (Å²) in [6, 6.07) is 5.22. The van der Waals surface area contributed by atoms with Crippen LogP contribution in [0.5, 0.6) is 5.75 Å². The fraction of sp³-hybridized carbons (Fsp3) is 0.312. The topological polar surface area (TPSA) is 114 Å². The molecule has 24 heavy (non-hydrogen) atoms. The van der Waals surface area contributed by atoms with Gasteiger partial charge < -0.3 is 25.2 Å². The second kappa shape index (κ2) is 10.0. The number of benzene rings is 1. The van der Waals surface area contributed by atoms with Gasteiger partial charge in [0.2, 0.25) is 5.91 Å². The number of carboxylic acid groups (broad SMARTS) is 1. The van der Waals surface area contributed by atoms with Gasteiger partial charge in [-0.15, -0.1) is 6.58 Å². The first-order valence-electron chi connectivity index (χ1n) is 7.11. The number of aliphatic carboxylic acids is 1. The van der Waals surface area contributed by atoms with Gasteiger partial charge in [0.25, 0.3) is 5.91 Å². The SMILES string of the molecule is C=CCOCC(NC(=O)CNC(=O)c1cccc(OC)c1)C(=O)O. The molecule has 130 valence electrons. The highest BCUT2D eigenvalue weighted by Gasteiger charge is 2.20. The van der Waals surface area contributed by atoms with Crippen molar-refractivity contribution in [3.8, 4) is 5.75 Å². The second-order valence-electron chi connectivity index (χ2n) is 4.70. The van der Waals surface area contributed by atoms with Crippen LogP contribution in [0.2, 0.25) is 0 Å². The minimum absolute atomic E-state index is 0.173. The van der Waals surface area contributed by atoms with E-state index in [1.807, 2.05) is 0 Å². The van der Waals surface area contributed by atoms with Crippen LogP contribution >= 0.6 is 0 Å². The molecule has 8 heteroatoms. The molecule has 2 amide bonds. The molecule has 0 radical (unpaired) electrons. The van der Waals surface area contributed by atoms with Crippen molar-refractivity contribution in [2.75, 3.05) is 26.9 Å². The van der Waals surface area contributed by atoms with E-state index in [9.17, 15) is 14.4 Å². The lowest BCUT2D eigenvalue weighted by Crippen LogP contribution is -2.47. The Hall–Kier alpha value is -2.87. The number of rotatable bonds is 10. The first-order chi connectivity index (χ1) is 11.5. The van der Waals surface area contributed by atoms with Crippen LogP contribution in [0, 0.1) is 0 Å². The molecule has 1 unspecified atom stereocenters. The molecule has 1 aromatic rings. The summed E-state index contributed by atoms with van der Waals surface area (Å²) in [5.74, 6) is -1.83. The monoisotopic (exact) mass is 336 g/mol. The molecule has 0 spiro atoms. The third-order valence-electron chi connectivity index (χ3n) is 2.89. The highest BCUT2D eigenvalue weighted by Crippen LogP contribution is 2.12. The Morgan fingerprint density at radius 3 is 2.75 bits per heavy atom. The quantitative estimate of drug-likeness (QED) is 0.415. The maximum Gasteiger partial charge on any atom is 0.328 e. The number of carbonyl (C=O) groups is 3. The number of hydrogen-bond acceptors (Lipinski definition) is 5. The van der Waals surface area contributed by atoms with E-state index in [4.69, 9.17) is 14.6 Å². The van der Waals surface area contributed by atoms with E-state index in [0.29, 0.717) is 11.3 Å². The summed E-state index contributed by atoms with van der Waals surface area (Å²) in [5.41, 5.74) is 0.325. The molecule has 0 bridgehead atoms. The van der Waals surface area contributed by atoms with Crippen molar-refractivity contribution in [2.24, 2.45) is 0 Å². The Kier molecular flexibility index (Phi) is 8.00. The molecule has 0 aromatic heterocycles. The molecule has 3 N–H and O–H groups in total. The zero-order chi connectivity index (χ0) is 17.9. The third-order valence-corrected chi connectivity index (χ3v) is 2.89. The van der Waals surface area contributed by atoms with Gasteiger partial charge in [-0.1, -0.05) is 12.1 Å². The zero-order valence-corrected chi connectivity index (χ0v) is 13.3. The van der Waals surface area contributed by atoms with Crippen molar-refractivity contribution in [3.63, 3.8) is 0 Å². The highest BCUT2D eigenvalue weighted by molar-refractivity contribution is 5.97. The van der Waals surface area contributed by atoms with Crippen LogP contribution in [-0.2, 0) is 14.3 Å². The van der Waals surface area contributed by atoms with E-state index in [2.05, 4.69) is 17.2 Å². The molecular formula is C16H20N2O6. The summed E-state index contributed by atoms with van der Waals surface area (Å²) < 4.78 is 10.0. The maximum atomic E-state index is 11.9. The number of amides is 2. The van der Waals surface area contributed by atoms with Crippen molar-refractivity contribution in [3.05, 3.63) is 42.5 Å². The molecule has 0 aliphatic heterocycles. The Morgan fingerprint density at radius 1 is 1.38 bits per heavy atom. The second-order valence-corrected chi connectivity index (χ2v) is 4.70. The zero-order valence-electron chi connectivity index (χ0n) is 13.3. The Balaban J connectivity index is 2.49. The standard InChI is InChI=1S/C16H20N2O6/c1-3-7-24-10-13(16(21)22)18-14(19)9-17-15(20)11-5-4-6-12(8-11)23-2/h3-6,8,13H,1,7,9-10H2,2H3,(H,17,20)(H,18,19)(H,21,22). The van der Waals surface area contributed by atoms with Gasteiger partial charge in [-0.3, -0.25) is 9.59 Å².